The van der Waals surface area contributed by atoms with E-state index in [0.29, 0.717) is 0 Å². The second-order valence-corrected chi connectivity index (χ2v) is 4.24. The van der Waals surface area contributed by atoms with Crippen LogP contribution in [0.4, 0.5) is 0 Å². The summed E-state index contributed by atoms with van der Waals surface area (Å²) in [5.41, 5.74) is -0.445. The van der Waals surface area contributed by atoms with Gasteiger partial charge in [0, 0.05) is 13.7 Å². The van der Waals surface area contributed by atoms with Gasteiger partial charge in [0.2, 0.25) is 0 Å². The van der Waals surface area contributed by atoms with Gasteiger partial charge in [-0.2, -0.15) is 0 Å². The van der Waals surface area contributed by atoms with Gasteiger partial charge >= 0.3 is 0 Å². The minimum absolute atomic E-state index is 0.445. The van der Waals surface area contributed by atoms with E-state index in [0.717, 1.165) is 31.8 Å². The molecule has 1 saturated carbocycles. The van der Waals surface area contributed by atoms with Crippen LogP contribution >= 0.6 is 0 Å². The number of aliphatic hydroxyl groups is 1. The average molecular weight is 172 g/mol. The maximum Gasteiger partial charge on any atom is 0.0623 e. The number of rotatable bonds is 6. The third-order valence-electron chi connectivity index (χ3n) is 2.49. The van der Waals surface area contributed by atoms with E-state index in [9.17, 15) is 5.11 Å². The molecule has 2 heteroatoms. The van der Waals surface area contributed by atoms with Gasteiger partial charge < -0.3 is 9.84 Å². The summed E-state index contributed by atoms with van der Waals surface area (Å²) < 4.78 is 4.95. The van der Waals surface area contributed by atoms with E-state index >= 15 is 0 Å². The Balaban J connectivity index is 2.08. The molecule has 0 aliphatic heterocycles. The quantitative estimate of drug-likeness (QED) is 0.621. The highest BCUT2D eigenvalue weighted by Gasteiger charge is 2.30. The highest BCUT2D eigenvalue weighted by Crippen LogP contribution is 2.37. The van der Waals surface area contributed by atoms with E-state index in [2.05, 4.69) is 0 Å². The van der Waals surface area contributed by atoms with Crippen LogP contribution in [0.2, 0.25) is 0 Å². The molecule has 0 aromatic carbocycles. The zero-order valence-corrected chi connectivity index (χ0v) is 8.18. The lowest BCUT2D eigenvalue weighted by molar-refractivity contribution is 0.0273. The number of methoxy groups -OCH3 is 1. The molecule has 2 nitrogen and oxygen atoms in total. The molecule has 0 amide bonds. The third-order valence-corrected chi connectivity index (χ3v) is 2.49. The zero-order valence-electron chi connectivity index (χ0n) is 8.18. The first-order valence-electron chi connectivity index (χ1n) is 4.85. The fourth-order valence-electron chi connectivity index (χ4n) is 1.64. The van der Waals surface area contributed by atoms with Crippen molar-refractivity contribution in [3.63, 3.8) is 0 Å². The number of ether oxygens (including phenoxy) is 1. The second kappa shape index (κ2) is 4.24. The van der Waals surface area contributed by atoms with Crippen molar-refractivity contribution in [1.82, 2.24) is 0 Å². The van der Waals surface area contributed by atoms with Crippen LogP contribution in [-0.4, -0.2) is 24.4 Å². The van der Waals surface area contributed by atoms with Gasteiger partial charge in [0.05, 0.1) is 5.60 Å². The van der Waals surface area contributed by atoms with Gasteiger partial charge in [-0.25, -0.2) is 0 Å². The largest absolute Gasteiger partial charge is 0.390 e. The molecule has 0 radical (unpaired) electrons. The van der Waals surface area contributed by atoms with Gasteiger partial charge in [0.25, 0.3) is 0 Å². The fraction of sp³-hybridized carbons (Fsp3) is 1.00. The Morgan fingerprint density at radius 1 is 1.50 bits per heavy atom. The first kappa shape index (κ1) is 10.0. The standard InChI is InChI=1S/C10H20O2/c1-10(11,6-3-7-12-2)8-9-4-5-9/h9,11H,3-8H2,1-2H3. The summed E-state index contributed by atoms with van der Waals surface area (Å²) in [6.07, 6.45) is 5.46. The SMILES string of the molecule is COCCCC(C)(O)CC1CC1. The molecule has 0 spiro atoms. The molecular formula is C10H20O2. The molecule has 72 valence electrons. The van der Waals surface area contributed by atoms with Gasteiger partial charge in [-0.1, -0.05) is 12.8 Å². The predicted molar refractivity (Wildman–Crippen MR) is 49.1 cm³/mol. The van der Waals surface area contributed by atoms with E-state index in [1.54, 1.807) is 7.11 Å². The Labute approximate surface area is 74.9 Å². The number of hydrogen-bond acceptors (Lipinski definition) is 2. The summed E-state index contributed by atoms with van der Waals surface area (Å²) in [5.74, 6) is 0.808. The Kier molecular flexibility index (Phi) is 3.53. The Morgan fingerprint density at radius 3 is 2.67 bits per heavy atom. The molecule has 1 N–H and O–H groups in total. The van der Waals surface area contributed by atoms with Crippen LogP contribution in [0.1, 0.15) is 39.0 Å². The third kappa shape index (κ3) is 4.07. The lowest BCUT2D eigenvalue weighted by Gasteiger charge is -2.22. The van der Waals surface area contributed by atoms with E-state index in [4.69, 9.17) is 4.74 Å². The summed E-state index contributed by atoms with van der Waals surface area (Å²) in [7, 11) is 1.70. The van der Waals surface area contributed by atoms with Crippen LogP contribution in [-0.2, 0) is 4.74 Å². The van der Waals surface area contributed by atoms with Gasteiger partial charge in [-0.05, 0) is 32.1 Å². The van der Waals surface area contributed by atoms with Crippen LogP contribution in [0.3, 0.4) is 0 Å². The maximum atomic E-state index is 9.90. The Hall–Kier alpha value is -0.0800. The topological polar surface area (TPSA) is 29.5 Å². The lowest BCUT2D eigenvalue weighted by Crippen LogP contribution is -2.25. The molecule has 0 saturated heterocycles. The van der Waals surface area contributed by atoms with Gasteiger partial charge in [0.1, 0.15) is 0 Å². The van der Waals surface area contributed by atoms with Crippen LogP contribution in [0.5, 0.6) is 0 Å². The summed E-state index contributed by atoms with van der Waals surface area (Å²) >= 11 is 0. The molecular weight excluding hydrogens is 152 g/mol. The summed E-state index contributed by atoms with van der Waals surface area (Å²) in [6.45, 7) is 2.71. The molecule has 1 aliphatic carbocycles. The summed E-state index contributed by atoms with van der Waals surface area (Å²) in [5, 5.41) is 9.90. The van der Waals surface area contributed by atoms with Crippen molar-refractivity contribution in [2.24, 2.45) is 5.92 Å². The van der Waals surface area contributed by atoms with E-state index in [1.165, 1.54) is 12.8 Å². The van der Waals surface area contributed by atoms with Crippen LogP contribution in [0.15, 0.2) is 0 Å². The highest BCUT2D eigenvalue weighted by atomic mass is 16.5. The minimum atomic E-state index is -0.445. The second-order valence-electron chi connectivity index (χ2n) is 4.24. The van der Waals surface area contributed by atoms with Crippen molar-refractivity contribution >= 4 is 0 Å². The lowest BCUT2D eigenvalue weighted by atomic mass is 9.94. The Morgan fingerprint density at radius 2 is 2.17 bits per heavy atom. The highest BCUT2D eigenvalue weighted by molar-refractivity contribution is 4.83. The molecule has 1 atom stereocenters. The van der Waals surface area contributed by atoms with Gasteiger partial charge in [0.15, 0.2) is 0 Å². The van der Waals surface area contributed by atoms with Crippen molar-refractivity contribution in [2.75, 3.05) is 13.7 Å². The molecule has 12 heavy (non-hydrogen) atoms. The molecule has 1 fully saturated rings. The smallest absolute Gasteiger partial charge is 0.0623 e. The first-order valence-corrected chi connectivity index (χ1v) is 4.85. The summed E-state index contributed by atoms with van der Waals surface area (Å²) in [4.78, 5) is 0. The molecule has 1 rings (SSSR count). The van der Waals surface area contributed by atoms with E-state index in [-0.39, 0.29) is 0 Å². The van der Waals surface area contributed by atoms with Crippen LogP contribution in [0.25, 0.3) is 0 Å². The molecule has 1 unspecified atom stereocenters. The fourth-order valence-corrected chi connectivity index (χ4v) is 1.64. The first-order chi connectivity index (χ1) is 5.64. The predicted octanol–water partition coefficient (Wildman–Crippen LogP) is 1.96. The summed E-state index contributed by atoms with van der Waals surface area (Å²) in [6, 6.07) is 0. The van der Waals surface area contributed by atoms with Crippen molar-refractivity contribution in [2.45, 2.75) is 44.6 Å². The van der Waals surface area contributed by atoms with Gasteiger partial charge in [-0.15, -0.1) is 0 Å². The van der Waals surface area contributed by atoms with Crippen LogP contribution < -0.4 is 0 Å². The molecule has 1 aliphatic rings. The molecule has 0 heterocycles. The van der Waals surface area contributed by atoms with Crippen LogP contribution in [0, 0.1) is 5.92 Å². The van der Waals surface area contributed by atoms with E-state index in [1.807, 2.05) is 6.92 Å². The normalized spacial score (nSPS) is 22.2. The molecule has 0 aromatic rings. The van der Waals surface area contributed by atoms with E-state index < -0.39 is 5.60 Å². The minimum Gasteiger partial charge on any atom is -0.390 e. The zero-order chi connectivity index (χ0) is 9.03. The van der Waals surface area contributed by atoms with Crippen molar-refractivity contribution in [1.29, 1.82) is 0 Å². The Bertz CT molecular complexity index is 128. The number of hydrogen-bond donors (Lipinski definition) is 1. The molecule has 0 aromatic heterocycles. The maximum absolute atomic E-state index is 9.90. The molecule has 0 bridgehead atoms. The van der Waals surface area contributed by atoms with Crippen molar-refractivity contribution in [3.05, 3.63) is 0 Å². The van der Waals surface area contributed by atoms with Crippen molar-refractivity contribution in [3.8, 4) is 0 Å². The van der Waals surface area contributed by atoms with Gasteiger partial charge in [-0.3, -0.25) is 0 Å². The monoisotopic (exact) mass is 172 g/mol. The van der Waals surface area contributed by atoms with Crippen molar-refractivity contribution < 1.29 is 9.84 Å². The average Bonchev–Trinajstić information content (AvgIpc) is 2.71.